The maximum Gasteiger partial charge on any atom is 0.250 e. The lowest BCUT2D eigenvalue weighted by molar-refractivity contribution is 0.414. The molecule has 0 unspecified atom stereocenters. The zero-order valence-electron chi connectivity index (χ0n) is 15.4. The van der Waals surface area contributed by atoms with Crippen LogP contribution in [0.3, 0.4) is 0 Å². The first-order chi connectivity index (χ1) is 13.2. The lowest BCUT2D eigenvalue weighted by atomic mass is 10.0. The highest BCUT2D eigenvalue weighted by Gasteiger charge is 2.17. The summed E-state index contributed by atoms with van der Waals surface area (Å²) in [7, 11) is 1.65. The van der Waals surface area contributed by atoms with Gasteiger partial charge in [-0.3, -0.25) is 4.79 Å². The van der Waals surface area contributed by atoms with Crippen molar-refractivity contribution in [3.05, 3.63) is 77.3 Å². The molecule has 0 spiro atoms. The molecular weight excluding hydrogens is 338 g/mol. The van der Waals surface area contributed by atoms with Crippen molar-refractivity contribution < 1.29 is 4.74 Å². The molecule has 136 valence electrons. The fourth-order valence-corrected chi connectivity index (χ4v) is 3.33. The van der Waals surface area contributed by atoms with Crippen LogP contribution in [0.2, 0.25) is 0 Å². The lowest BCUT2D eigenvalue weighted by Gasteiger charge is -2.09. The first-order valence-electron chi connectivity index (χ1n) is 9.04. The van der Waals surface area contributed by atoms with Gasteiger partial charge in [-0.1, -0.05) is 37.3 Å². The van der Waals surface area contributed by atoms with Crippen molar-refractivity contribution in [2.75, 3.05) is 7.11 Å². The van der Waals surface area contributed by atoms with Crippen LogP contribution in [0.25, 0.3) is 27.9 Å². The van der Waals surface area contributed by atoms with Crippen LogP contribution in [-0.4, -0.2) is 21.3 Å². The minimum absolute atomic E-state index is 0.0101. The Morgan fingerprint density at radius 3 is 2.59 bits per heavy atom. The lowest BCUT2D eigenvalue weighted by Crippen LogP contribution is -2.18. The summed E-state index contributed by atoms with van der Waals surface area (Å²) in [6.45, 7) is 2.75. The molecule has 0 bridgehead atoms. The molecule has 0 radical (unpaired) electrons. The van der Waals surface area contributed by atoms with Crippen LogP contribution in [0.4, 0.5) is 0 Å². The number of methoxy groups -OCH3 is 1. The molecule has 0 N–H and O–H groups in total. The first kappa shape index (κ1) is 17.1. The summed E-state index contributed by atoms with van der Waals surface area (Å²) in [6.07, 6.45) is 4.72. The van der Waals surface area contributed by atoms with Gasteiger partial charge in [0.15, 0.2) is 0 Å². The maximum absolute atomic E-state index is 12.2. The zero-order valence-corrected chi connectivity index (χ0v) is 15.4. The van der Waals surface area contributed by atoms with Gasteiger partial charge in [0.25, 0.3) is 5.56 Å². The summed E-state index contributed by atoms with van der Waals surface area (Å²) in [5.74, 6) is 0.769. The third-order valence-corrected chi connectivity index (χ3v) is 4.63. The van der Waals surface area contributed by atoms with Crippen molar-refractivity contribution in [3.8, 4) is 28.1 Å². The van der Waals surface area contributed by atoms with E-state index in [4.69, 9.17) is 9.84 Å². The predicted octanol–water partition coefficient (Wildman–Crippen LogP) is 4.25. The number of fused-ring (bicyclic) bond motifs is 1. The SMILES string of the molecule is CCCn1cc(-c2c(-c3ccccc3)nn3ccc(OC)cc23)ccc1=O. The Balaban J connectivity index is 2.02. The molecule has 0 saturated heterocycles. The van der Waals surface area contributed by atoms with E-state index in [1.54, 1.807) is 17.7 Å². The van der Waals surface area contributed by atoms with E-state index < -0.39 is 0 Å². The molecule has 0 amide bonds. The number of benzene rings is 1. The molecule has 27 heavy (non-hydrogen) atoms. The van der Waals surface area contributed by atoms with Crippen LogP contribution in [0.5, 0.6) is 5.75 Å². The molecule has 1 aromatic carbocycles. The minimum atomic E-state index is 0.0101. The number of nitrogens with zero attached hydrogens (tertiary/aromatic N) is 3. The third-order valence-electron chi connectivity index (χ3n) is 4.63. The zero-order chi connectivity index (χ0) is 18.8. The quantitative estimate of drug-likeness (QED) is 0.535. The molecule has 0 saturated carbocycles. The molecule has 0 atom stereocenters. The molecule has 5 nitrogen and oxygen atoms in total. The van der Waals surface area contributed by atoms with E-state index in [2.05, 4.69) is 6.92 Å². The second-order valence-electron chi connectivity index (χ2n) is 6.44. The number of aromatic nitrogens is 3. The van der Waals surface area contributed by atoms with Crippen LogP contribution in [0, 0.1) is 0 Å². The van der Waals surface area contributed by atoms with Gasteiger partial charge >= 0.3 is 0 Å². The van der Waals surface area contributed by atoms with E-state index in [1.807, 2.05) is 65.4 Å². The third kappa shape index (κ3) is 3.12. The number of rotatable bonds is 5. The van der Waals surface area contributed by atoms with Gasteiger partial charge in [-0.25, -0.2) is 4.52 Å². The van der Waals surface area contributed by atoms with Crippen molar-refractivity contribution in [1.29, 1.82) is 0 Å². The van der Waals surface area contributed by atoms with Gasteiger partial charge in [-0.2, -0.15) is 5.10 Å². The summed E-state index contributed by atoms with van der Waals surface area (Å²) < 4.78 is 9.03. The van der Waals surface area contributed by atoms with Gasteiger partial charge in [-0.05, 0) is 18.6 Å². The Labute approximate surface area is 157 Å². The smallest absolute Gasteiger partial charge is 0.250 e. The molecule has 4 aromatic rings. The van der Waals surface area contributed by atoms with E-state index in [0.717, 1.165) is 40.1 Å². The van der Waals surface area contributed by atoms with Crippen LogP contribution >= 0.6 is 0 Å². The van der Waals surface area contributed by atoms with Crippen LogP contribution < -0.4 is 10.3 Å². The highest BCUT2D eigenvalue weighted by molar-refractivity contribution is 5.92. The number of aryl methyl sites for hydroxylation is 1. The highest BCUT2D eigenvalue weighted by atomic mass is 16.5. The standard InChI is InChI=1S/C22H21N3O2/c1-3-12-24-15-17(9-10-20(24)26)21-19-14-18(27-2)11-13-25(19)23-22(21)16-7-5-4-6-8-16/h4-11,13-15H,3,12H2,1-2H3. The van der Waals surface area contributed by atoms with Gasteiger partial charge in [0, 0.05) is 47.8 Å². The Morgan fingerprint density at radius 2 is 1.85 bits per heavy atom. The normalized spacial score (nSPS) is 11.0. The average Bonchev–Trinajstić information content (AvgIpc) is 3.09. The number of ether oxygens (including phenoxy) is 1. The Hall–Kier alpha value is -3.34. The predicted molar refractivity (Wildman–Crippen MR) is 107 cm³/mol. The van der Waals surface area contributed by atoms with Crippen molar-refractivity contribution >= 4 is 5.52 Å². The summed E-state index contributed by atoms with van der Waals surface area (Å²) in [6, 6.07) is 17.4. The Kier molecular flexibility index (Phi) is 4.50. The number of pyridine rings is 2. The van der Waals surface area contributed by atoms with E-state index in [-0.39, 0.29) is 5.56 Å². The molecule has 0 fully saturated rings. The molecule has 0 aliphatic rings. The molecule has 3 aromatic heterocycles. The van der Waals surface area contributed by atoms with E-state index >= 15 is 0 Å². The molecule has 0 aliphatic carbocycles. The fraction of sp³-hybridized carbons (Fsp3) is 0.182. The van der Waals surface area contributed by atoms with E-state index in [1.165, 1.54) is 0 Å². The minimum Gasteiger partial charge on any atom is -0.497 e. The Morgan fingerprint density at radius 1 is 1.04 bits per heavy atom. The van der Waals surface area contributed by atoms with Gasteiger partial charge in [-0.15, -0.1) is 0 Å². The second kappa shape index (κ2) is 7.11. The van der Waals surface area contributed by atoms with Crippen LogP contribution in [-0.2, 0) is 6.54 Å². The van der Waals surface area contributed by atoms with Crippen molar-refractivity contribution in [2.45, 2.75) is 19.9 Å². The monoisotopic (exact) mass is 359 g/mol. The van der Waals surface area contributed by atoms with Crippen molar-refractivity contribution in [1.82, 2.24) is 14.2 Å². The largest absolute Gasteiger partial charge is 0.497 e. The summed E-state index contributed by atoms with van der Waals surface area (Å²) in [5.41, 5.74) is 4.81. The summed E-state index contributed by atoms with van der Waals surface area (Å²) in [5, 5.41) is 4.81. The fourth-order valence-electron chi connectivity index (χ4n) is 3.33. The molecule has 0 aliphatic heterocycles. The summed E-state index contributed by atoms with van der Waals surface area (Å²) in [4.78, 5) is 12.2. The van der Waals surface area contributed by atoms with Gasteiger partial charge < -0.3 is 9.30 Å². The van der Waals surface area contributed by atoms with Crippen molar-refractivity contribution in [3.63, 3.8) is 0 Å². The molecule has 5 heteroatoms. The Bertz CT molecular complexity index is 1140. The topological polar surface area (TPSA) is 48.5 Å². The van der Waals surface area contributed by atoms with Crippen LogP contribution in [0.15, 0.2) is 71.8 Å². The van der Waals surface area contributed by atoms with E-state index in [0.29, 0.717) is 6.54 Å². The van der Waals surface area contributed by atoms with Gasteiger partial charge in [0.1, 0.15) is 11.4 Å². The average molecular weight is 359 g/mol. The summed E-state index contributed by atoms with van der Waals surface area (Å²) >= 11 is 0. The van der Waals surface area contributed by atoms with Gasteiger partial charge in [0.2, 0.25) is 0 Å². The highest BCUT2D eigenvalue weighted by Crippen LogP contribution is 2.35. The molecule has 4 rings (SSSR count). The molecule has 3 heterocycles. The number of hydrogen-bond donors (Lipinski definition) is 0. The number of hydrogen-bond acceptors (Lipinski definition) is 3. The van der Waals surface area contributed by atoms with Gasteiger partial charge in [0.05, 0.1) is 12.6 Å². The van der Waals surface area contributed by atoms with Crippen molar-refractivity contribution in [2.24, 2.45) is 0 Å². The first-order valence-corrected chi connectivity index (χ1v) is 9.04. The maximum atomic E-state index is 12.2. The van der Waals surface area contributed by atoms with Crippen LogP contribution in [0.1, 0.15) is 13.3 Å². The second-order valence-corrected chi connectivity index (χ2v) is 6.44. The molecular formula is C22H21N3O2. The van der Waals surface area contributed by atoms with E-state index in [9.17, 15) is 4.79 Å².